The van der Waals surface area contributed by atoms with Crippen molar-refractivity contribution in [2.24, 2.45) is 5.92 Å². The zero-order valence-electron chi connectivity index (χ0n) is 8.19. The highest BCUT2D eigenvalue weighted by Crippen LogP contribution is 2.27. The number of aliphatic hydroxyl groups excluding tert-OH is 2. The van der Waals surface area contributed by atoms with Gasteiger partial charge in [-0.25, -0.2) is 0 Å². The highest BCUT2D eigenvalue weighted by molar-refractivity contribution is 7.10. The van der Waals surface area contributed by atoms with E-state index < -0.39 is 12.2 Å². The molecule has 2 N–H and O–H groups in total. The van der Waals surface area contributed by atoms with Crippen LogP contribution < -0.4 is 0 Å². The highest BCUT2D eigenvalue weighted by atomic mass is 32.1. The lowest BCUT2D eigenvalue weighted by atomic mass is 9.97. The Labute approximate surface area is 82.8 Å². The number of aryl methyl sites for hydroxylation is 1. The van der Waals surface area contributed by atoms with Crippen LogP contribution in [0.25, 0.3) is 0 Å². The molecule has 1 aromatic heterocycles. The van der Waals surface area contributed by atoms with E-state index >= 15 is 0 Å². The zero-order chi connectivity index (χ0) is 10.0. The van der Waals surface area contributed by atoms with E-state index in [0.29, 0.717) is 0 Å². The largest absolute Gasteiger partial charge is 0.390 e. The van der Waals surface area contributed by atoms with E-state index in [9.17, 15) is 10.2 Å². The van der Waals surface area contributed by atoms with Crippen molar-refractivity contribution in [3.63, 3.8) is 0 Å². The predicted octanol–water partition coefficient (Wildman–Crippen LogP) is 2.11. The Balaban J connectivity index is 2.79. The molecule has 2 nitrogen and oxygen atoms in total. The van der Waals surface area contributed by atoms with Crippen LogP contribution in [0.1, 0.15) is 30.4 Å². The Morgan fingerprint density at radius 2 is 1.92 bits per heavy atom. The Kier molecular flexibility index (Phi) is 3.47. The molecule has 74 valence electrons. The molecule has 0 fully saturated rings. The molecule has 0 aliphatic carbocycles. The van der Waals surface area contributed by atoms with Gasteiger partial charge in [-0.1, -0.05) is 13.8 Å². The molecular formula is C10H16O2S. The molecule has 1 heterocycles. The standard InChI is InChI=1S/C10H16O2S/c1-6(2)9(11)10(12)8-4-5-13-7(8)3/h4-6,9-12H,1-3H3. The maximum Gasteiger partial charge on any atom is 0.106 e. The van der Waals surface area contributed by atoms with Crippen molar-refractivity contribution in [3.05, 3.63) is 21.9 Å². The first-order chi connectivity index (χ1) is 6.04. The summed E-state index contributed by atoms with van der Waals surface area (Å²) in [5.41, 5.74) is 0.853. The number of aliphatic hydroxyl groups is 2. The van der Waals surface area contributed by atoms with Crippen LogP contribution in [0.3, 0.4) is 0 Å². The van der Waals surface area contributed by atoms with Gasteiger partial charge >= 0.3 is 0 Å². The van der Waals surface area contributed by atoms with Crippen LogP contribution >= 0.6 is 11.3 Å². The van der Waals surface area contributed by atoms with E-state index in [1.165, 1.54) is 0 Å². The average molecular weight is 200 g/mol. The van der Waals surface area contributed by atoms with Crippen LogP contribution in [0.4, 0.5) is 0 Å². The first-order valence-corrected chi connectivity index (χ1v) is 5.32. The second kappa shape index (κ2) is 4.22. The van der Waals surface area contributed by atoms with Crippen LogP contribution in [-0.2, 0) is 0 Å². The minimum atomic E-state index is -0.744. The summed E-state index contributed by atoms with van der Waals surface area (Å²) in [7, 11) is 0. The molecular weight excluding hydrogens is 184 g/mol. The molecule has 13 heavy (non-hydrogen) atoms. The second-order valence-electron chi connectivity index (χ2n) is 3.61. The number of thiophene rings is 1. The van der Waals surface area contributed by atoms with Crippen molar-refractivity contribution in [3.8, 4) is 0 Å². The van der Waals surface area contributed by atoms with E-state index in [2.05, 4.69) is 0 Å². The maximum absolute atomic E-state index is 9.79. The molecule has 1 rings (SSSR count). The van der Waals surface area contributed by atoms with Gasteiger partial charge in [0.1, 0.15) is 6.10 Å². The number of hydrogen-bond donors (Lipinski definition) is 2. The van der Waals surface area contributed by atoms with E-state index in [4.69, 9.17) is 0 Å². The molecule has 0 aromatic carbocycles. The van der Waals surface area contributed by atoms with Crippen LogP contribution in [0, 0.1) is 12.8 Å². The third-order valence-corrected chi connectivity index (χ3v) is 3.09. The van der Waals surface area contributed by atoms with Crippen molar-refractivity contribution in [1.82, 2.24) is 0 Å². The van der Waals surface area contributed by atoms with Crippen molar-refractivity contribution in [1.29, 1.82) is 0 Å². The molecule has 3 heteroatoms. The van der Waals surface area contributed by atoms with Gasteiger partial charge in [-0.15, -0.1) is 11.3 Å². The molecule has 2 atom stereocenters. The lowest BCUT2D eigenvalue weighted by Crippen LogP contribution is -2.23. The van der Waals surface area contributed by atoms with Gasteiger partial charge in [0.15, 0.2) is 0 Å². The van der Waals surface area contributed by atoms with Crippen molar-refractivity contribution < 1.29 is 10.2 Å². The Morgan fingerprint density at radius 3 is 2.31 bits per heavy atom. The summed E-state index contributed by atoms with van der Waals surface area (Å²) in [6.07, 6.45) is -1.42. The van der Waals surface area contributed by atoms with E-state index in [-0.39, 0.29) is 5.92 Å². The first kappa shape index (κ1) is 10.7. The lowest BCUT2D eigenvalue weighted by molar-refractivity contribution is -0.00945. The lowest BCUT2D eigenvalue weighted by Gasteiger charge is -2.20. The summed E-state index contributed by atoms with van der Waals surface area (Å²) in [6.45, 7) is 5.75. The molecule has 0 spiro atoms. The SMILES string of the molecule is Cc1sccc1C(O)C(O)C(C)C. The fourth-order valence-corrected chi connectivity index (χ4v) is 1.99. The van der Waals surface area contributed by atoms with Crippen LogP contribution in [0.5, 0.6) is 0 Å². The third-order valence-electron chi connectivity index (χ3n) is 2.22. The monoisotopic (exact) mass is 200 g/mol. The number of hydrogen-bond acceptors (Lipinski definition) is 3. The topological polar surface area (TPSA) is 40.5 Å². The smallest absolute Gasteiger partial charge is 0.106 e. The fourth-order valence-electron chi connectivity index (χ4n) is 1.25. The quantitative estimate of drug-likeness (QED) is 0.784. The van der Waals surface area contributed by atoms with Gasteiger partial charge < -0.3 is 10.2 Å². The Bertz CT molecular complexity index is 268. The average Bonchev–Trinajstić information content (AvgIpc) is 2.48. The normalized spacial score (nSPS) is 16.2. The fraction of sp³-hybridized carbons (Fsp3) is 0.600. The molecule has 0 radical (unpaired) electrons. The van der Waals surface area contributed by atoms with Crippen molar-refractivity contribution >= 4 is 11.3 Å². The highest BCUT2D eigenvalue weighted by Gasteiger charge is 2.22. The summed E-state index contributed by atoms with van der Waals surface area (Å²) in [5.74, 6) is 0.0781. The van der Waals surface area contributed by atoms with Gasteiger partial charge in [-0.3, -0.25) is 0 Å². The molecule has 0 aliphatic rings. The van der Waals surface area contributed by atoms with E-state index in [1.807, 2.05) is 32.2 Å². The summed E-state index contributed by atoms with van der Waals surface area (Å²) >= 11 is 1.59. The number of rotatable bonds is 3. The van der Waals surface area contributed by atoms with E-state index in [0.717, 1.165) is 10.4 Å². The van der Waals surface area contributed by atoms with Crippen LogP contribution in [-0.4, -0.2) is 16.3 Å². The molecule has 0 aliphatic heterocycles. The van der Waals surface area contributed by atoms with Crippen molar-refractivity contribution in [2.45, 2.75) is 33.0 Å². The Hall–Kier alpha value is -0.380. The molecule has 0 saturated heterocycles. The second-order valence-corrected chi connectivity index (χ2v) is 4.73. The zero-order valence-corrected chi connectivity index (χ0v) is 9.01. The maximum atomic E-state index is 9.79. The van der Waals surface area contributed by atoms with Gasteiger partial charge in [0.25, 0.3) is 0 Å². The Morgan fingerprint density at radius 1 is 1.31 bits per heavy atom. The molecule has 2 unspecified atom stereocenters. The van der Waals surface area contributed by atoms with Gasteiger partial charge in [0, 0.05) is 4.88 Å². The van der Waals surface area contributed by atoms with Gasteiger partial charge in [-0.2, -0.15) is 0 Å². The summed E-state index contributed by atoms with van der Waals surface area (Å²) in [5, 5.41) is 21.4. The van der Waals surface area contributed by atoms with Gasteiger partial charge in [0.05, 0.1) is 6.10 Å². The molecule has 1 aromatic rings. The van der Waals surface area contributed by atoms with E-state index in [1.54, 1.807) is 11.3 Å². The molecule has 0 bridgehead atoms. The van der Waals surface area contributed by atoms with Gasteiger partial charge in [0.2, 0.25) is 0 Å². The third kappa shape index (κ3) is 2.30. The van der Waals surface area contributed by atoms with Crippen LogP contribution in [0.15, 0.2) is 11.4 Å². The molecule has 0 amide bonds. The molecule has 0 saturated carbocycles. The minimum Gasteiger partial charge on any atom is -0.390 e. The predicted molar refractivity (Wildman–Crippen MR) is 54.9 cm³/mol. The summed E-state index contributed by atoms with van der Waals surface area (Å²) in [6, 6.07) is 1.87. The first-order valence-electron chi connectivity index (χ1n) is 4.44. The summed E-state index contributed by atoms with van der Waals surface area (Å²) < 4.78 is 0. The van der Waals surface area contributed by atoms with Crippen LogP contribution in [0.2, 0.25) is 0 Å². The van der Waals surface area contributed by atoms with Gasteiger partial charge in [-0.05, 0) is 29.9 Å². The minimum absolute atomic E-state index is 0.0781. The van der Waals surface area contributed by atoms with Crippen molar-refractivity contribution in [2.75, 3.05) is 0 Å². The summed E-state index contributed by atoms with van der Waals surface area (Å²) in [4.78, 5) is 1.08.